The minimum atomic E-state index is -4.48. The number of carbonyl (C=O) groups excluding carboxylic acids is 1. The summed E-state index contributed by atoms with van der Waals surface area (Å²) in [5.74, 6) is -0.571. The maximum atomic E-state index is 12.6. The standard InChI is InChI=1S/C13H17F3N2O2/c1-9(19)12(18,6-3-7-17)20-11-5-2-4-10(8-11)13(14,15)16/h2,4-5,8H,3,6-7,17-18H2,1H3. The van der Waals surface area contributed by atoms with Gasteiger partial charge < -0.3 is 10.5 Å². The molecule has 4 N–H and O–H groups in total. The fourth-order valence-electron chi connectivity index (χ4n) is 1.61. The molecule has 0 saturated carbocycles. The van der Waals surface area contributed by atoms with Crippen molar-refractivity contribution < 1.29 is 22.7 Å². The number of alkyl halides is 3. The highest BCUT2D eigenvalue weighted by molar-refractivity contribution is 5.84. The first kappa shape index (κ1) is 16.5. The Bertz CT molecular complexity index is 477. The van der Waals surface area contributed by atoms with E-state index in [0.717, 1.165) is 12.1 Å². The van der Waals surface area contributed by atoms with E-state index in [1.165, 1.54) is 19.1 Å². The van der Waals surface area contributed by atoms with Crippen LogP contribution in [0, 0.1) is 0 Å². The van der Waals surface area contributed by atoms with Crippen molar-refractivity contribution in [1.29, 1.82) is 0 Å². The van der Waals surface area contributed by atoms with Crippen LogP contribution in [-0.4, -0.2) is 18.1 Å². The lowest BCUT2D eigenvalue weighted by Crippen LogP contribution is -2.52. The summed E-state index contributed by atoms with van der Waals surface area (Å²) in [5.41, 5.74) is 8.62. The molecule has 0 bridgehead atoms. The van der Waals surface area contributed by atoms with E-state index in [9.17, 15) is 18.0 Å². The second-order valence-corrected chi connectivity index (χ2v) is 4.47. The van der Waals surface area contributed by atoms with Crippen LogP contribution in [0.25, 0.3) is 0 Å². The van der Waals surface area contributed by atoms with E-state index in [0.29, 0.717) is 13.0 Å². The molecule has 0 saturated heterocycles. The van der Waals surface area contributed by atoms with Gasteiger partial charge in [-0.25, -0.2) is 0 Å². The Morgan fingerprint density at radius 3 is 2.50 bits per heavy atom. The minimum absolute atomic E-state index is 0.102. The van der Waals surface area contributed by atoms with Crippen molar-refractivity contribution in [2.45, 2.75) is 31.7 Å². The topological polar surface area (TPSA) is 78.3 Å². The van der Waals surface area contributed by atoms with E-state index in [-0.39, 0.29) is 12.2 Å². The van der Waals surface area contributed by atoms with Crippen molar-refractivity contribution in [3.05, 3.63) is 29.8 Å². The number of hydrogen-bond acceptors (Lipinski definition) is 4. The van der Waals surface area contributed by atoms with Crippen LogP contribution in [0.15, 0.2) is 24.3 Å². The van der Waals surface area contributed by atoms with Crippen LogP contribution in [0.5, 0.6) is 5.75 Å². The van der Waals surface area contributed by atoms with Crippen molar-refractivity contribution in [2.24, 2.45) is 11.5 Å². The molecule has 1 rings (SSSR count). The van der Waals surface area contributed by atoms with Gasteiger partial charge in [0.15, 0.2) is 5.78 Å². The number of benzene rings is 1. The van der Waals surface area contributed by atoms with Crippen LogP contribution >= 0.6 is 0 Å². The van der Waals surface area contributed by atoms with Crippen LogP contribution in [0.4, 0.5) is 13.2 Å². The Balaban J connectivity index is 2.97. The quantitative estimate of drug-likeness (QED) is 0.786. The first-order valence-corrected chi connectivity index (χ1v) is 6.05. The van der Waals surface area contributed by atoms with E-state index in [4.69, 9.17) is 16.2 Å². The molecule has 0 amide bonds. The normalized spacial score (nSPS) is 14.7. The van der Waals surface area contributed by atoms with Crippen molar-refractivity contribution in [2.75, 3.05) is 6.54 Å². The van der Waals surface area contributed by atoms with Gasteiger partial charge in [0, 0.05) is 13.3 Å². The van der Waals surface area contributed by atoms with Crippen LogP contribution in [-0.2, 0) is 11.0 Å². The highest BCUT2D eigenvalue weighted by Gasteiger charge is 2.34. The van der Waals surface area contributed by atoms with Gasteiger partial charge in [-0.3, -0.25) is 10.5 Å². The highest BCUT2D eigenvalue weighted by Crippen LogP contribution is 2.32. The molecule has 0 aliphatic heterocycles. The molecule has 0 fully saturated rings. The largest absolute Gasteiger partial charge is 0.466 e. The van der Waals surface area contributed by atoms with Crippen molar-refractivity contribution >= 4 is 5.78 Å². The Morgan fingerprint density at radius 1 is 1.35 bits per heavy atom. The van der Waals surface area contributed by atoms with Crippen LogP contribution in [0.2, 0.25) is 0 Å². The molecule has 1 aromatic carbocycles. The third-order valence-corrected chi connectivity index (χ3v) is 2.81. The lowest BCUT2D eigenvalue weighted by Gasteiger charge is -2.28. The molecule has 1 aromatic rings. The lowest BCUT2D eigenvalue weighted by atomic mass is 10.0. The zero-order chi connectivity index (χ0) is 15.4. The summed E-state index contributed by atoms with van der Waals surface area (Å²) >= 11 is 0. The van der Waals surface area contributed by atoms with Gasteiger partial charge in [-0.05, 0) is 31.2 Å². The maximum Gasteiger partial charge on any atom is 0.416 e. The second kappa shape index (κ2) is 6.23. The van der Waals surface area contributed by atoms with E-state index < -0.39 is 23.2 Å². The van der Waals surface area contributed by atoms with Crippen LogP contribution in [0.3, 0.4) is 0 Å². The third-order valence-electron chi connectivity index (χ3n) is 2.81. The lowest BCUT2D eigenvalue weighted by molar-refractivity contribution is -0.137. The summed E-state index contributed by atoms with van der Waals surface area (Å²) in [6, 6.07) is 4.25. The number of ketones is 1. The summed E-state index contributed by atoms with van der Waals surface area (Å²) in [6.07, 6.45) is -3.92. The number of hydrogen-bond donors (Lipinski definition) is 2. The first-order valence-electron chi connectivity index (χ1n) is 6.05. The minimum Gasteiger partial charge on any atom is -0.466 e. The van der Waals surface area contributed by atoms with E-state index >= 15 is 0 Å². The van der Waals surface area contributed by atoms with Gasteiger partial charge in [-0.15, -0.1) is 0 Å². The predicted octanol–water partition coefficient (Wildman–Crippen LogP) is 2.07. The molecule has 1 unspecified atom stereocenters. The zero-order valence-corrected chi connectivity index (χ0v) is 11.0. The molecule has 1 atom stereocenters. The molecular weight excluding hydrogens is 273 g/mol. The van der Waals surface area contributed by atoms with E-state index in [2.05, 4.69) is 0 Å². The Morgan fingerprint density at radius 2 is 2.00 bits per heavy atom. The first-order chi connectivity index (χ1) is 9.19. The molecule has 20 heavy (non-hydrogen) atoms. The third kappa shape index (κ3) is 4.21. The number of Topliss-reactive ketones (excluding diaryl/α,β-unsaturated/α-hetero) is 1. The summed E-state index contributed by atoms with van der Waals surface area (Å²) in [5, 5.41) is 0. The number of nitrogens with two attached hydrogens (primary N) is 2. The van der Waals surface area contributed by atoms with Gasteiger partial charge in [0.1, 0.15) is 5.75 Å². The van der Waals surface area contributed by atoms with Crippen LogP contribution in [0.1, 0.15) is 25.3 Å². The number of halogens is 3. The van der Waals surface area contributed by atoms with Crippen LogP contribution < -0.4 is 16.2 Å². The molecule has 0 heterocycles. The number of ether oxygens (including phenoxy) is 1. The summed E-state index contributed by atoms with van der Waals surface area (Å²) in [6.45, 7) is 1.53. The average Bonchev–Trinajstić information content (AvgIpc) is 2.35. The molecule has 4 nitrogen and oxygen atoms in total. The van der Waals surface area contributed by atoms with Crippen molar-refractivity contribution in [3.63, 3.8) is 0 Å². The molecule has 0 radical (unpaired) electrons. The summed E-state index contributed by atoms with van der Waals surface area (Å²) < 4.78 is 43.0. The predicted molar refractivity (Wildman–Crippen MR) is 68.0 cm³/mol. The number of rotatable bonds is 6. The van der Waals surface area contributed by atoms with Gasteiger partial charge in [0.25, 0.3) is 0 Å². The Labute approximate surface area is 114 Å². The fraction of sp³-hybridized carbons (Fsp3) is 0.462. The monoisotopic (exact) mass is 290 g/mol. The van der Waals surface area contributed by atoms with Gasteiger partial charge in [-0.1, -0.05) is 6.07 Å². The summed E-state index contributed by atoms with van der Waals surface area (Å²) in [4.78, 5) is 11.5. The Hall–Kier alpha value is -1.60. The molecule has 0 aliphatic rings. The SMILES string of the molecule is CC(=O)C(N)(CCCN)Oc1cccc(C(F)(F)F)c1. The highest BCUT2D eigenvalue weighted by atomic mass is 19.4. The fourth-order valence-corrected chi connectivity index (χ4v) is 1.61. The van der Waals surface area contributed by atoms with Crippen molar-refractivity contribution in [1.82, 2.24) is 0 Å². The van der Waals surface area contributed by atoms with Gasteiger partial charge in [-0.2, -0.15) is 13.2 Å². The smallest absolute Gasteiger partial charge is 0.416 e. The molecule has 0 aromatic heterocycles. The van der Waals surface area contributed by atoms with E-state index in [1.54, 1.807) is 0 Å². The van der Waals surface area contributed by atoms with Gasteiger partial charge >= 0.3 is 6.18 Å². The second-order valence-electron chi connectivity index (χ2n) is 4.47. The van der Waals surface area contributed by atoms with Gasteiger partial charge in [0.05, 0.1) is 5.56 Å². The molecule has 7 heteroatoms. The molecular formula is C13H17F3N2O2. The summed E-state index contributed by atoms with van der Waals surface area (Å²) in [7, 11) is 0. The van der Waals surface area contributed by atoms with Gasteiger partial charge in [0.2, 0.25) is 5.72 Å². The molecule has 0 aliphatic carbocycles. The molecule has 112 valence electrons. The zero-order valence-electron chi connectivity index (χ0n) is 11.0. The number of carbonyl (C=O) groups is 1. The average molecular weight is 290 g/mol. The van der Waals surface area contributed by atoms with Crippen molar-refractivity contribution in [3.8, 4) is 5.75 Å². The Kier molecular flexibility index (Phi) is 5.13. The van der Waals surface area contributed by atoms with E-state index in [1.807, 2.05) is 0 Å². The maximum absolute atomic E-state index is 12.6. The molecule has 0 spiro atoms.